The second kappa shape index (κ2) is 15.4. The fourth-order valence-corrected chi connectivity index (χ4v) is 5.59. The first-order valence-electron chi connectivity index (χ1n) is 14.3. The van der Waals surface area contributed by atoms with Gasteiger partial charge in [-0.05, 0) is 42.5 Å². The van der Waals surface area contributed by atoms with Gasteiger partial charge in [0.05, 0.1) is 19.1 Å². The molecule has 0 aliphatic rings. The molecule has 0 radical (unpaired) electrons. The second-order valence-electron chi connectivity index (χ2n) is 11.0. The first kappa shape index (κ1) is 32.7. The minimum Gasteiger partial charge on any atom is -0.497 e. The van der Waals surface area contributed by atoms with E-state index in [0.29, 0.717) is 24.4 Å². The molecule has 8 nitrogen and oxygen atoms in total. The molecule has 0 aliphatic carbocycles. The van der Waals surface area contributed by atoms with E-state index in [1.165, 1.54) is 11.4 Å². The molecule has 0 saturated carbocycles. The number of rotatable bonds is 15. The van der Waals surface area contributed by atoms with E-state index < -0.39 is 16.1 Å². The van der Waals surface area contributed by atoms with E-state index in [-0.39, 0.29) is 43.7 Å². The monoisotopic (exact) mass is 593 g/mol. The molecule has 1 N–H and O–H groups in total. The number of hydrogen-bond acceptors (Lipinski definition) is 5. The number of amides is 2. The maximum Gasteiger partial charge on any atom is 0.243 e. The smallest absolute Gasteiger partial charge is 0.243 e. The van der Waals surface area contributed by atoms with Crippen molar-refractivity contribution in [3.05, 3.63) is 95.6 Å². The van der Waals surface area contributed by atoms with Crippen molar-refractivity contribution in [2.75, 3.05) is 30.8 Å². The molecule has 0 bridgehead atoms. The summed E-state index contributed by atoms with van der Waals surface area (Å²) in [6.07, 6.45) is 1.86. The van der Waals surface area contributed by atoms with Crippen molar-refractivity contribution >= 4 is 27.5 Å². The number of nitrogens with zero attached hydrogens (tertiary/aromatic N) is 2. The van der Waals surface area contributed by atoms with Crippen molar-refractivity contribution in [3.63, 3.8) is 0 Å². The highest BCUT2D eigenvalue weighted by Gasteiger charge is 2.30. The summed E-state index contributed by atoms with van der Waals surface area (Å²) in [7, 11) is -2.09. The Balaban J connectivity index is 1.88. The summed E-state index contributed by atoms with van der Waals surface area (Å²) in [5.41, 5.74) is 3.43. The highest BCUT2D eigenvalue weighted by atomic mass is 32.2. The van der Waals surface area contributed by atoms with Gasteiger partial charge in [0.2, 0.25) is 21.8 Å². The number of carbonyl (C=O) groups is 2. The lowest BCUT2D eigenvalue weighted by atomic mass is 10.0. The molecule has 0 aliphatic heterocycles. The van der Waals surface area contributed by atoms with Crippen LogP contribution in [0, 0.1) is 12.8 Å². The maximum atomic E-state index is 13.9. The third kappa shape index (κ3) is 9.91. The minimum absolute atomic E-state index is 0.0740. The average Bonchev–Trinajstić information content (AvgIpc) is 2.96. The van der Waals surface area contributed by atoms with Crippen LogP contribution in [-0.2, 0) is 32.6 Å². The molecule has 2 amide bonds. The van der Waals surface area contributed by atoms with E-state index in [4.69, 9.17) is 4.74 Å². The Labute approximate surface area is 250 Å². The summed E-state index contributed by atoms with van der Waals surface area (Å²) in [6, 6.07) is 23.7. The molecule has 1 atom stereocenters. The second-order valence-corrected chi connectivity index (χ2v) is 12.9. The summed E-state index contributed by atoms with van der Waals surface area (Å²) in [5.74, 6) is 0.376. The van der Waals surface area contributed by atoms with Gasteiger partial charge >= 0.3 is 0 Å². The van der Waals surface area contributed by atoms with Crippen LogP contribution in [-0.4, -0.2) is 57.6 Å². The molecule has 3 aromatic carbocycles. The van der Waals surface area contributed by atoms with Crippen LogP contribution >= 0.6 is 0 Å². The van der Waals surface area contributed by atoms with Crippen LogP contribution in [0.4, 0.5) is 5.69 Å². The topological polar surface area (TPSA) is 96.0 Å². The largest absolute Gasteiger partial charge is 0.497 e. The van der Waals surface area contributed by atoms with Gasteiger partial charge in [-0.25, -0.2) is 8.42 Å². The van der Waals surface area contributed by atoms with E-state index in [1.54, 1.807) is 29.2 Å². The number of aryl methyl sites for hydroxylation is 1. The van der Waals surface area contributed by atoms with Crippen LogP contribution in [0.25, 0.3) is 0 Å². The number of carbonyl (C=O) groups excluding carboxylic acids is 2. The van der Waals surface area contributed by atoms with Gasteiger partial charge in [-0.3, -0.25) is 13.9 Å². The molecule has 226 valence electrons. The van der Waals surface area contributed by atoms with Crippen LogP contribution in [0.1, 0.15) is 43.4 Å². The summed E-state index contributed by atoms with van der Waals surface area (Å²) in [4.78, 5) is 29.2. The van der Waals surface area contributed by atoms with Crippen molar-refractivity contribution in [1.82, 2.24) is 10.2 Å². The third-order valence-corrected chi connectivity index (χ3v) is 8.12. The molecule has 0 saturated heterocycles. The highest BCUT2D eigenvalue weighted by molar-refractivity contribution is 7.92. The van der Waals surface area contributed by atoms with Crippen LogP contribution in [0.2, 0.25) is 0 Å². The van der Waals surface area contributed by atoms with Gasteiger partial charge in [0.1, 0.15) is 11.8 Å². The fourth-order valence-electron chi connectivity index (χ4n) is 4.64. The predicted octanol–water partition coefficient (Wildman–Crippen LogP) is 4.96. The summed E-state index contributed by atoms with van der Waals surface area (Å²) >= 11 is 0. The quantitative estimate of drug-likeness (QED) is 0.269. The molecule has 3 rings (SSSR count). The Kier molecular flexibility index (Phi) is 12.0. The Hall–Kier alpha value is -3.85. The van der Waals surface area contributed by atoms with Crippen molar-refractivity contribution in [2.45, 2.75) is 52.6 Å². The lowest BCUT2D eigenvalue weighted by Gasteiger charge is -2.32. The minimum atomic E-state index is -3.61. The molecule has 3 aromatic rings. The molecular formula is C33H43N3O5S. The highest BCUT2D eigenvalue weighted by Crippen LogP contribution is 2.24. The maximum absolute atomic E-state index is 13.9. The lowest BCUT2D eigenvalue weighted by Crippen LogP contribution is -2.51. The first-order valence-corrected chi connectivity index (χ1v) is 16.1. The van der Waals surface area contributed by atoms with Gasteiger partial charge in [-0.15, -0.1) is 0 Å². The Morgan fingerprint density at radius 1 is 0.929 bits per heavy atom. The zero-order valence-corrected chi connectivity index (χ0v) is 26.1. The van der Waals surface area contributed by atoms with E-state index in [0.717, 1.165) is 22.9 Å². The number of anilines is 1. The van der Waals surface area contributed by atoms with E-state index >= 15 is 0 Å². The predicted molar refractivity (Wildman–Crippen MR) is 168 cm³/mol. The van der Waals surface area contributed by atoms with Crippen molar-refractivity contribution in [3.8, 4) is 5.75 Å². The van der Waals surface area contributed by atoms with Gasteiger partial charge in [0.25, 0.3) is 0 Å². The van der Waals surface area contributed by atoms with Crippen LogP contribution in [0.15, 0.2) is 78.9 Å². The number of nitrogens with one attached hydrogen (secondary N) is 1. The molecule has 42 heavy (non-hydrogen) atoms. The first-order chi connectivity index (χ1) is 20.0. The zero-order chi connectivity index (χ0) is 30.7. The molecule has 0 spiro atoms. The molecule has 0 fully saturated rings. The normalized spacial score (nSPS) is 12.0. The average molecular weight is 594 g/mol. The van der Waals surface area contributed by atoms with Gasteiger partial charge < -0.3 is 15.0 Å². The summed E-state index contributed by atoms with van der Waals surface area (Å²) in [5, 5.41) is 3.03. The molecule has 9 heteroatoms. The van der Waals surface area contributed by atoms with Crippen LogP contribution in [0.5, 0.6) is 5.75 Å². The van der Waals surface area contributed by atoms with Gasteiger partial charge in [0.15, 0.2) is 0 Å². The number of ether oxygens (including phenoxy) is 1. The SMILES string of the molecule is COc1cccc(N(CCCC(=O)N(Cc2ccc(C)cc2)[C@H](Cc2ccccc2)C(=O)NCC(C)C)S(C)(=O)=O)c1. The summed E-state index contributed by atoms with van der Waals surface area (Å²) in [6.45, 7) is 6.92. The molecular weight excluding hydrogens is 550 g/mol. The third-order valence-electron chi connectivity index (χ3n) is 6.92. The lowest BCUT2D eigenvalue weighted by molar-refractivity contribution is -0.141. The van der Waals surface area contributed by atoms with Crippen LogP contribution < -0.4 is 14.4 Å². The molecule has 0 unspecified atom stereocenters. The van der Waals surface area contributed by atoms with Gasteiger partial charge in [-0.1, -0.05) is 80.1 Å². The van der Waals surface area contributed by atoms with Crippen molar-refractivity contribution in [2.24, 2.45) is 5.92 Å². The Morgan fingerprint density at radius 3 is 2.24 bits per heavy atom. The number of hydrogen-bond donors (Lipinski definition) is 1. The summed E-state index contributed by atoms with van der Waals surface area (Å²) < 4.78 is 31.9. The van der Waals surface area contributed by atoms with Crippen LogP contribution in [0.3, 0.4) is 0 Å². The van der Waals surface area contributed by atoms with Gasteiger partial charge in [0, 0.05) is 38.5 Å². The number of sulfonamides is 1. The zero-order valence-electron chi connectivity index (χ0n) is 25.2. The van der Waals surface area contributed by atoms with Crippen molar-refractivity contribution < 1.29 is 22.7 Å². The number of benzene rings is 3. The molecule has 0 heterocycles. The molecule has 0 aromatic heterocycles. The Morgan fingerprint density at radius 2 is 1.62 bits per heavy atom. The Bertz CT molecular complexity index is 1410. The van der Waals surface area contributed by atoms with E-state index in [9.17, 15) is 18.0 Å². The van der Waals surface area contributed by atoms with E-state index in [2.05, 4.69) is 5.32 Å². The number of methoxy groups -OCH3 is 1. The van der Waals surface area contributed by atoms with Gasteiger partial charge in [-0.2, -0.15) is 0 Å². The fraction of sp³-hybridized carbons (Fsp3) is 0.394. The van der Waals surface area contributed by atoms with Crippen molar-refractivity contribution in [1.29, 1.82) is 0 Å². The standard InChI is InChI=1S/C33H43N3O5S/c1-25(2)23-34-33(38)31(21-27-11-7-6-8-12-27)35(24-28-18-16-26(3)17-19-28)32(37)15-10-20-36(42(5,39)40)29-13-9-14-30(22-29)41-4/h6-9,11-14,16-19,22,25,31H,10,15,20-21,23-24H2,1-5H3,(H,34,38)/t31-/m1/s1. The van der Waals surface area contributed by atoms with E-state index in [1.807, 2.05) is 75.4 Å².